The third kappa shape index (κ3) is 6.34. The van der Waals surface area contributed by atoms with E-state index in [1.54, 1.807) is 0 Å². The lowest BCUT2D eigenvalue weighted by atomic mass is 9.97. The van der Waals surface area contributed by atoms with Crippen molar-refractivity contribution in [1.82, 2.24) is 0 Å². The highest BCUT2D eigenvalue weighted by molar-refractivity contribution is 5.79. The number of anilines is 2. The predicted octanol–water partition coefficient (Wildman–Crippen LogP) is 12.1. The number of hydrogen-bond donors (Lipinski definition) is 0. The Hall–Kier alpha value is -5.66. The van der Waals surface area contributed by atoms with E-state index in [4.69, 9.17) is 0 Å². The normalized spacial score (nSPS) is 12.6. The minimum atomic E-state index is 0.870. The van der Waals surface area contributed by atoms with E-state index < -0.39 is 0 Å². The van der Waals surface area contributed by atoms with Crippen LogP contribution in [0.4, 0.5) is 11.4 Å². The molecule has 0 aromatic heterocycles. The van der Waals surface area contributed by atoms with Gasteiger partial charge in [0.25, 0.3) is 0 Å². The molecule has 0 aliphatic heterocycles. The summed E-state index contributed by atoms with van der Waals surface area (Å²) >= 11 is 0. The first-order valence-electron chi connectivity index (χ1n) is 15.6. The Morgan fingerprint density at radius 1 is 0.378 bits per heavy atom. The molecule has 7 rings (SSSR count). The Morgan fingerprint density at radius 3 is 1.31 bits per heavy atom. The van der Waals surface area contributed by atoms with Gasteiger partial charge in [0.1, 0.15) is 0 Å². The van der Waals surface area contributed by atoms with E-state index in [0.29, 0.717) is 0 Å². The molecule has 0 bridgehead atoms. The summed E-state index contributed by atoms with van der Waals surface area (Å²) in [4.78, 5) is 2.34. The quantitative estimate of drug-likeness (QED) is 0.182. The molecule has 0 amide bonds. The molecule has 1 aliphatic carbocycles. The first-order chi connectivity index (χ1) is 22.2. The van der Waals surface area contributed by atoms with Crippen molar-refractivity contribution in [1.29, 1.82) is 0 Å². The molecule has 45 heavy (non-hydrogen) atoms. The average molecular weight is 578 g/mol. The molecule has 0 N–H and O–H groups in total. The molecular weight excluding hydrogens is 542 g/mol. The molecule has 6 aromatic carbocycles. The second-order valence-electron chi connectivity index (χ2n) is 11.5. The van der Waals surface area contributed by atoms with Crippen LogP contribution in [-0.4, -0.2) is 0 Å². The van der Waals surface area contributed by atoms with Crippen molar-refractivity contribution in [3.05, 3.63) is 199 Å². The number of allylic oxidation sites excluding steroid dienone is 5. The topological polar surface area (TPSA) is 3.24 Å². The first-order valence-corrected chi connectivity index (χ1v) is 15.6. The maximum absolute atomic E-state index is 2.34. The monoisotopic (exact) mass is 577 g/mol. The van der Waals surface area contributed by atoms with E-state index in [1.165, 1.54) is 50.1 Å². The number of aryl methyl sites for hydroxylation is 1. The van der Waals surface area contributed by atoms with Gasteiger partial charge < -0.3 is 4.90 Å². The van der Waals surface area contributed by atoms with Crippen LogP contribution in [-0.2, 0) is 0 Å². The summed E-state index contributed by atoms with van der Waals surface area (Å²) in [6.45, 7) is 2.12. The van der Waals surface area contributed by atoms with E-state index in [2.05, 4.69) is 194 Å². The second-order valence-corrected chi connectivity index (χ2v) is 11.5. The minimum Gasteiger partial charge on any atom is -0.311 e. The van der Waals surface area contributed by atoms with Gasteiger partial charge in [-0.25, -0.2) is 0 Å². The van der Waals surface area contributed by atoms with Crippen molar-refractivity contribution < 1.29 is 0 Å². The van der Waals surface area contributed by atoms with Gasteiger partial charge in [0.2, 0.25) is 0 Å². The number of nitrogens with zero attached hydrogens (tertiary/aromatic N) is 1. The Balaban J connectivity index is 1.11. The van der Waals surface area contributed by atoms with E-state index in [9.17, 15) is 0 Å². The summed E-state index contributed by atoms with van der Waals surface area (Å²) in [6.07, 6.45) is 9.94. The molecule has 0 heterocycles. The van der Waals surface area contributed by atoms with Crippen LogP contribution in [0.2, 0.25) is 0 Å². The van der Waals surface area contributed by atoms with E-state index >= 15 is 0 Å². The van der Waals surface area contributed by atoms with Gasteiger partial charge in [-0.1, -0.05) is 157 Å². The Kier molecular flexibility index (Phi) is 8.07. The molecule has 0 saturated heterocycles. The first kappa shape index (κ1) is 28.1. The highest BCUT2D eigenvalue weighted by Crippen LogP contribution is 2.35. The molecule has 0 fully saturated rings. The van der Waals surface area contributed by atoms with Gasteiger partial charge in [-0.05, 0) is 88.2 Å². The molecule has 0 unspecified atom stereocenters. The lowest BCUT2D eigenvalue weighted by Gasteiger charge is -2.26. The van der Waals surface area contributed by atoms with Gasteiger partial charge in [-0.15, -0.1) is 0 Å². The third-order valence-corrected chi connectivity index (χ3v) is 8.42. The summed E-state index contributed by atoms with van der Waals surface area (Å²) in [7, 11) is 0. The molecule has 216 valence electrons. The number of rotatable bonds is 7. The lowest BCUT2D eigenvalue weighted by molar-refractivity contribution is 1.18. The fourth-order valence-electron chi connectivity index (χ4n) is 5.91. The summed E-state index contributed by atoms with van der Waals surface area (Å²) in [5.74, 6) is 0. The smallest absolute Gasteiger partial charge is 0.0461 e. The van der Waals surface area contributed by atoms with Crippen LogP contribution in [0.5, 0.6) is 0 Å². The van der Waals surface area contributed by atoms with Crippen LogP contribution in [0.25, 0.3) is 39.0 Å². The molecule has 1 aliphatic rings. The van der Waals surface area contributed by atoms with Gasteiger partial charge in [0.15, 0.2) is 0 Å². The Morgan fingerprint density at radius 2 is 0.800 bits per heavy atom. The molecule has 1 nitrogen and oxygen atoms in total. The standard InChI is InChI=1S/C44H35N/c1-33-15-17-36(18-16-33)37-19-21-38(22-20-37)39-23-25-40(26-24-39)41-28-31-44(32-29-41)45(42-12-6-3-7-13-42)43-14-8-11-35(27-30-43)34-9-4-2-5-10-34/h2-7,9-32H,8H2,1H3. The summed E-state index contributed by atoms with van der Waals surface area (Å²) < 4.78 is 0. The van der Waals surface area contributed by atoms with Crippen LogP contribution in [0.15, 0.2) is 188 Å². The van der Waals surface area contributed by atoms with Crippen molar-refractivity contribution >= 4 is 16.9 Å². The predicted molar refractivity (Wildman–Crippen MR) is 192 cm³/mol. The zero-order valence-corrected chi connectivity index (χ0v) is 25.5. The molecule has 0 spiro atoms. The van der Waals surface area contributed by atoms with Crippen LogP contribution >= 0.6 is 0 Å². The van der Waals surface area contributed by atoms with Crippen molar-refractivity contribution in [2.75, 3.05) is 4.90 Å². The minimum absolute atomic E-state index is 0.870. The molecule has 6 aromatic rings. The Bertz CT molecular complexity index is 1960. The van der Waals surface area contributed by atoms with E-state index in [-0.39, 0.29) is 0 Å². The zero-order valence-electron chi connectivity index (χ0n) is 25.5. The zero-order chi connectivity index (χ0) is 30.4. The van der Waals surface area contributed by atoms with Gasteiger partial charge in [-0.2, -0.15) is 0 Å². The van der Waals surface area contributed by atoms with Crippen LogP contribution < -0.4 is 4.90 Å². The van der Waals surface area contributed by atoms with Crippen molar-refractivity contribution in [2.45, 2.75) is 13.3 Å². The fraction of sp³-hybridized carbons (Fsp3) is 0.0455. The van der Waals surface area contributed by atoms with E-state index in [1.807, 2.05) is 0 Å². The largest absolute Gasteiger partial charge is 0.311 e. The fourth-order valence-corrected chi connectivity index (χ4v) is 5.91. The average Bonchev–Trinajstić information content (AvgIpc) is 3.36. The van der Waals surface area contributed by atoms with Gasteiger partial charge in [0, 0.05) is 17.1 Å². The van der Waals surface area contributed by atoms with Gasteiger partial charge in [0.05, 0.1) is 0 Å². The molecule has 0 radical (unpaired) electrons. The van der Waals surface area contributed by atoms with Crippen LogP contribution in [0.1, 0.15) is 17.5 Å². The number of benzene rings is 6. The maximum atomic E-state index is 2.34. The summed E-state index contributed by atoms with van der Waals surface area (Å²) in [5.41, 5.74) is 14.5. The highest BCUT2D eigenvalue weighted by atomic mass is 15.1. The molecule has 1 heteroatoms. The van der Waals surface area contributed by atoms with Crippen LogP contribution in [0, 0.1) is 6.92 Å². The van der Waals surface area contributed by atoms with Crippen LogP contribution in [0.3, 0.4) is 0 Å². The molecular formula is C44H35N. The number of para-hydroxylation sites is 1. The lowest BCUT2D eigenvalue weighted by Crippen LogP contribution is -2.15. The third-order valence-electron chi connectivity index (χ3n) is 8.42. The van der Waals surface area contributed by atoms with E-state index in [0.717, 1.165) is 23.5 Å². The van der Waals surface area contributed by atoms with Crippen molar-refractivity contribution in [3.63, 3.8) is 0 Å². The molecule has 0 saturated carbocycles. The highest BCUT2D eigenvalue weighted by Gasteiger charge is 2.14. The van der Waals surface area contributed by atoms with Crippen molar-refractivity contribution in [3.8, 4) is 33.4 Å². The second kappa shape index (κ2) is 12.9. The maximum Gasteiger partial charge on any atom is 0.0461 e. The summed E-state index contributed by atoms with van der Waals surface area (Å²) in [6, 6.07) is 56.6. The van der Waals surface area contributed by atoms with Gasteiger partial charge in [-0.3, -0.25) is 0 Å². The van der Waals surface area contributed by atoms with Gasteiger partial charge >= 0.3 is 0 Å². The van der Waals surface area contributed by atoms with Crippen molar-refractivity contribution in [2.24, 2.45) is 0 Å². The SMILES string of the molecule is Cc1ccc(-c2ccc(-c3ccc(-c4ccc(N(C5=CCC=C(c6ccccc6)C=C5)c5ccccc5)cc4)cc3)cc2)cc1. The Labute approximate surface area is 266 Å². The summed E-state index contributed by atoms with van der Waals surface area (Å²) in [5, 5.41) is 0. The molecule has 0 atom stereocenters. The number of hydrogen-bond acceptors (Lipinski definition) is 1.